The summed E-state index contributed by atoms with van der Waals surface area (Å²) in [6.07, 6.45) is 0. The van der Waals surface area contributed by atoms with Crippen LogP contribution in [0.1, 0.15) is 0 Å². The Morgan fingerprint density at radius 3 is 0.852 bits per heavy atom. The number of benzene rings is 20. The molecule has 6 heterocycles. The minimum Gasteiger partial charge on any atom is -0.309 e. The quantitative estimate of drug-likeness (QED) is 0.131. The Morgan fingerprint density at radius 2 is 0.385 bits per heavy atom. The molecular weight excluding hydrogens is 1480 g/mol. The maximum absolute atomic E-state index is 2.50. The van der Waals surface area contributed by atoms with Crippen molar-refractivity contribution in [3.63, 3.8) is 0 Å². The number of para-hydroxylation sites is 6. The van der Waals surface area contributed by atoms with Crippen molar-refractivity contribution in [2.45, 2.75) is 0 Å². The Hall–Kier alpha value is -16.3. The molecule has 0 saturated carbocycles. The molecule has 0 aliphatic rings. The highest BCUT2D eigenvalue weighted by Crippen LogP contribution is 2.48. The minimum absolute atomic E-state index is 1.15. The van der Waals surface area contributed by atoms with Gasteiger partial charge in [-0.25, -0.2) is 0 Å². The molecule has 0 spiro atoms. The standard InChI is InChI=1S/2C58H37N3/c1-3-14-38(15-4-1)41-18-13-21-45(34-41)59-53-24-11-10-23-48(53)51-36-42(27-32-55(51)59)43-28-33-56-52(37-43)50-31-30-49-47-22-9-12-25-54(47)60(44-19-5-2-6-20-44)57(49)58(50)61(56)46-29-26-39-16-7-8-17-40(39)35-46;1-3-14-38(15-4-1)41-18-13-21-45(34-41)59-52-24-11-10-23-48(52)50-36-42(27-31-54(50)59)43-28-32-55-51(37-43)57-56(60(55)46-29-26-39-16-7-8-17-40(39)35-46)33-30-49-47-22-9-12-25-53(47)61(58(49)57)44-19-5-2-6-20-44/h2*1-37H. The zero-order valence-electron chi connectivity index (χ0n) is 66.4. The molecule has 6 nitrogen and oxygen atoms in total. The van der Waals surface area contributed by atoms with E-state index >= 15 is 0 Å². The number of aromatic nitrogens is 6. The Morgan fingerprint density at radius 1 is 0.115 bits per heavy atom. The number of rotatable bonds is 10. The van der Waals surface area contributed by atoms with Crippen molar-refractivity contribution in [1.82, 2.24) is 27.4 Å². The van der Waals surface area contributed by atoms with Gasteiger partial charge in [-0.1, -0.05) is 297 Å². The topological polar surface area (TPSA) is 29.6 Å². The lowest BCUT2D eigenvalue weighted by atomic mass is 10.00. The first-order valence-electron chi connectivity index (χ1n) is 42.0. The molecule has 20 aromatic carbocycles. The molecule has 0 aliphatic carbocycles. The van der Waals surface area contributed by atoms with E-state index in [1.54, 1.807) is 0 Å². The highest BCUT2D eigenvalue weighted by atomic mass is 15.1. The van der Waals surface area contributed by atoms with E-state index in [4.69, 9.17) is 0 Å². The molecule has 0 bridgehead atoms. The third-order valence-corrected chi connectivity index (χ3v) is 25.6. The summed E-state index contributed by atoms with van der Waals surface area (Å²) in [5.74, 6) is 0. The lowest BCUT2D eigenvalue weighted by molar-refractivity contribution is 1.15. The fraction of sp³-hybridized carbons (Fsp3) is 0. The van der Waals surface area contributed by atoms with E-state index in [0.29, 0.717) is 0 Å². The lowest BCUT2D eigenvalue weighted by Gasteiger charge is -2.13. The van der Waals surface area contributed by atoms with E-state index in [9.17, 15) is 0 Å². The van der Waals surface area contributed by atoms with Crippen LogP contribution in [0.3, 0.4) is 0 Å². The van der Waals surface area contributed by atoms with Crippen molar-refractivity contribution in [2.75, 3.05) is 0 Å². The second-order valence-electron chi connectivity index (χ2n) is 32.3. The van der Waals surface area contributed by atoms with E-state index in [1.165, 1.54) is 197 Å². The van der Waals surface area contributed by atoms with Crippen molar-refractivity contribution in [3.05, 3.63) is 449 Å². The molecule has 0 unspecified atom stereocenters. The molecule has 26 rings (SSSR count). The second kappa shape index (κ2) is 27.7. The molecule has 568 valence electrons. The molecule has 6 aromatic heterocycles. The summed E-state index contributed by atoms with van der Waals surface area (Å²) in [5, 5.41) is 19.8. The van der Waals surface area contributed by atoms with Crippen molar-refractivity contribution in [2.24, 2.45) is 0 Å². The highest BCUT2D eigenvalue weighted by Gasteiger charge is 2.26. The predicted molar refractivity (Wildman–Crippen MR) is 516 cm³/mol. The monoisotopic (exact) mass is 1550 g/mol. The van der Waals surface area contributed by atoms with Crippen LogP contribution >= 0.6 is 0 Å². The fourth-order valence-electron chi connectivity index (χ4n) is 20.1. The zero-order chi connectivity index (χ0) is 80.0. The minimum atomic E-state index is 1.15. The molecule has 0 atom stereocenters. The Labute approximate surface area is 702 Å². The fourth-order valence-corrected chi connectivity index (χ4v) is 20.1. The van der Waals surface area contributed by atoms with Gasteiger partial charge in [0, 0.05) is 98.8 Å². The van der Waals surface area contributed by atoms with Gasteiger partial charge in [0.05, 0.1) is 66.2 Å². The van der Waals surface area contributed by atoms with Gasteiger partial charge in [0.1, 0.15) is 0 Å². The van der Waals surface area contributed by atoms with E-state index in [-0.39, 0.29) is 0 Å². The SMILES string of the molecule is c1ccc(-c2cccc(-n3c4ccccc4c4cc(-c5ccc6c(c5)c5c(ccc7c8ccccc8n(-c8ccccc8)c75)n6-c5ccc6ccccc6c5)ccc43)c2)cc1.c1ccc(-c2cccc(-n3c4ccccc4c4cc(-c5ccc6c(c5)c5ccc7c8ccccc8n(-c8ccccc8)c7c5n6-c5ccc6ccccc6c5)ccc43)c2)cc1. The zero-order valence-corrected chi connectivity index (χ0v) is 66.4. The van der Waals surface area contributed by atoms with Crippen LogP contribution in [0, 0.1) is 0 Å². The van der Waals surface area contributed by atoms with Crippen LogP contribution in [-0.2, 0) is 0 Å². The third-order valence-electron chi connectivity index (χ3n) is 25.6. The van der Waals surface area contributed by atoms with Gasteiger partial charge in [0.15, 0.2) is 0 Å². The molecule has 0 amide bonds. The summed E-state index contributed by atoms with van der Waals surface area (Å²) in [7, 11) is 0. The van der Waals surface area contributed by atoms with Crippen molar-refractivity contribution in [3.8, 4) is 78.6 Å². The number of fused-ring (bicyclic) bond motifs is 22. The van der Waals surface area contributed by atoms with Crippen molar-refractivity contribution in [1.29, 1.82) is 0 Å². The molecule has 6 heteroatoms. The summed E-state index contributed by atoms with van der Waals surface area (Å²) in [5.41, 5.74) is 30.9. The highest BCUT2D eigenvalue weighted by molar-refractivity contribution is 6.28. The van der Waals surface area contributed by atoms with Gasteiger partial charge in [0.2, 0.25) is 0 Å². The summed E-state index contributed by atoms with van der Waals surface area (Å²) >= 11 is 0. The van der Waals surface area contributed by atoms with Crippen molar-refractivity contribution < 1.29 is 0 Å². The van der Waals surface area contributed by atoms with Gasteiger partial charge < -0.3 is 27.4 Å². The Bertz CT molecular complexity index is 8750. The van der Waals surface area contributed by atoms with Crippen LogP contribution in [0.2, 0.25) is 0 Å². The molecule has 0 N–H and O–H groups in total. The largest absolute Gasteiger partial charge is 0.309 e. The van der Waals surface area contributed by atoms with Crippen LogP contribution < -0.4 is 0 Å². The van der Waals surface area contributed by atoms with Crippen LogP contribution in [0.15, 0.2) is 449 Å². The van der Waals surface area contributed by atoms with Crippen LogP contribution in [0.4, 0.5) is 0 Å². The van der Waals surface area contributed by atoms with Gasteiger partial charge >= 0.3 is 0 Å². The van der Waals surface area contributed by atoms with E-state index in [0.717, 1.165) is 34.1 Å². The van der Waals surface area contributed by atoms with Crippen LogP contribution in [0.5, 0.6) is 0 Å². The maximum atomic E-state index is 2.50. The first-order valence-corrected chi connectivity index (χ1v) is 42.0. The van der Waals surface area contributed by atoms with Gasteiger partial charge in [0.25, 0.3) is 0 Å². The summed E-state index contributed by atoms with van der Waals surface area (Å²) in [4.78, 5) is 0. The normalized spacial score (nSPS) is 11.9. The van der Waals surface area contributed by atoms with Crippen LogP contribution in [-0.4, -0.2) is 27.4 Å². The molecule has 0 saturated heterocycles. The van der Waals surface area contributed by atoms with Gasteiger partial charge in [-0.05, 0) is 218 Å². The molecule has 0 fully saturated rings. The number of nitrogens with zero attached hydrogens (tertiary/aromatic N) is 6. The predicted octanol–water partition coefficient (Wildman–Crippen LogP) is 30.9. The third kappa shape index (κ3) is 10.8. The smallest absolute Gasteiger partial charge is 0.0788 e. The van der Waals surface area contributed by atoms with Crippen LogP contribution in [0.25, 0.3) is 231 Å². The van der Waals surface area contributed by atoms with Gasteiger partial charge in [-0.2, -0.15) is 0 Å². The first kappa shape index (κ1) is 68.9. The van der Waals surface area contributed by atoms with E-state index in [2.05, 4.69) is 476 Å². The van der Waals surface area contributed by atoms with E-state index in [1.807, 2.05) is 0 Å². The molecule has 0 radical (unpaired) electrons. The van der Waals surface area contributed by atoms with Gasteiger partial charge in [-0.15, -0.1) is 0 Å². The summed E-state index contributed by atoms with van der Waals surface area (Å²) in [6.45, 7) is 0. The first-order chi connectivity index (χ1) is 60.5. The average Bonchev–Trinajstić information content (AvgIpc) is 1.54. The molecule has 0 aliphatic heterocycles. The number of hydrogen-bond acceptors (Lipinski definition) is 0. The van der Waals surface area contributed by atoms with Crippen molar-refractivity contribution >= 4 is 152 Å². The summed E-state index contributed by atoms with van der Waals surface area (Å²) < 4.78 is 14.7. The summed E-state index contributed by atoms with van der Waals surface area (Å²) in [6, 6.07) is 165. The second-order valence-corrected chi connectivity index (χ2v) is 32.3. The lowest BCUT2D eigenvalue weighted by Crippen LogP contribution is -1.98. The Balaban J connectivity index is 0.000000134. The maximum Gasteiger partial charge on any atom is 0.0788 e. The van der Waals surface area contributed by atoms with E-state index < -0.39 is 0 Å². The molecular formula is C116H74N6. The molecule has 26 aromatic rings. The molecule has 122 heavy (non-hydrogen) atoms. The van der Waals surface area contributed by atoms with Gasteiger partial charge in [-0.3, -0.25) is 0 Å². The Kier molecular flexibility index (Phi) is 15.6. The average molecular weight is 1550 g/mol. The number of hydrogen-bond donors (Lipinski definition) is 0.